The Hall–Kier alpha value is -1.06. The third kappa shape index (κ3) is 2.45. The molecule has 1 aromatic rings. The molecular formula is C14H20N2O. The lowest BCUT2D eigenvalue weighted by Gasteiger charge is -2.22. The normalized spacial score (nSPS) is 23.2. The summed E-state index contributed by atoms with van der Waals surface area (Å²) in [5, 5.41) is 7.12. The molecule has 0 aromatic heterocycles. The molecule has 3 rings (SSSR count). The van der Waals surface area contributed by atoms with Crippen LogP contribution in [-0.4, -0.2) is 25.8 Å². The SMILES string of the molecule is c1cc2c(c(CNC3CCOC3)c1)NCCC2. The van der Waals surface area contributed by atoms with E-state index in [0.717, 1.165) is 32.7 Å². The standard InChI is InChI=1S/C14H20N2O/c1-3-11-5-2-7-15-14(11)12(4-1)9-16-13-6-8-17-10-13/h1,3-4,13,15-16H,2,5-10H2. The van der Waals surface area contributed by atoms with E-state index < -0.39 is 0 Å². The summed E-state index contributed by atoms with van der Waals surface area (Å²) in [4.78, 5) is 0. The van der Waals surface area contributed by atoms with Crippen LogP contribution in [0.4, 0.5) is 5.69 Å². The maximum absolute atomic E-state index is 5.38. The number of hydrogen-bond donors (Lipinski definition) is 2. The van der Waals surface area contributed by atoms with Gasteiger partial charge in [0, 0.05) is 31.4 Å². The molecule has 1 saturated heterocycles. The monoisotopic (exact) mass is 232 g/mol. The second-order valence-electron chi connectivity index (χ2n) is 4.92. The van der Waals surface area contributed by atoms with E-state index in [4.69, 9.17) is 4.74 Å². The Morgan fingerprint density at radius 3 is 3.29 bits per heavy atom. The summed E-state index contributed by atoms with van der Waals surface area (Å²) in [7, 11) is 0. The minimum absolute atomic E-state index is 0.537. The summed E-state index contributed by atoms with van der Waals surface area (Å²) in [5.74, 6) is 0. The van der Waals surface area contributed by atoms with Crippen LogP contribution in [0.3, 0.4) is 0 Å². The van der Waals surface area contributed by atoms with Crippen molar-refractivity contribution in [2.45, 2.75) is 31.8 Å². The second kappa shape index (κ2) is 5.07. The molecule has 92 valence electrons. The first-order chi connectivity index (χ1) is 8.43. The van der Waals surface area contributed by atoms with Crippen molar-refractivity contribution in [1.82, 2.24) is 5.32 Å². The molecule has 0 radical (unpaired) electrons. The number of anilines is 1. The first-order valence-electron chi connectivity index (χ1n) is 6.59. The molecule has 1 atom stereocenters. The van der Waals surface area contributed by atoms with Gasteiger partial charge < -0.3 is 15.4 Å². The van der Waals surface area contributed by atoms with E-state index in [9.17, 15) is 0 Å². The van der Waals surface area contributed by atoms with Crippen LogP contribution >= 0.6 is 0 Å². The molecule has 2 heterocycles. The lowest BCUT2D eigenvalue weighted by Crippen LogP contribution is -2.29. The highest BCUT2D eigenvalue weighted by atomic mass is 16.5. The van der Waals surface area contributed by atoms with Gasteiger partial charge in [0.15, 0.2) is 0 Å². The van der Waals surface area contributed by atoms with Crippen molar-refractivity contribution in [2.24, 2.45) is 0 Å². The van der Waals surface area contributed by atoms with Gasteiger partial charge in [-0.2, -0.15) is 0 Å². The van der Waals surface area contributed by atoms with E-state index in [1.54, 1.807) is 0 Å². The average molecular weight is 232 g/mol. The third-order valence-corrected chi connectivity index (χ3v) is 3.67. The summed E-state index contributed by atoms with van der Waals surface area (Å²) in [6.45, 7) is 3.83. The average Bonchev–Trinajstić information content (AvgIpc) is 2.89. The molecule has 2 aliphatic rings. The molecular weight excluding hydrogens is 212 g/mol. The van der Waals surface area contributed by atoms with Crippen molar-refractivity contribution < 1.29 is 4.74 Å². The highest BCUT2D eigenvalue weighted by Gasteiger charge is 2.16. The molecule has 0 bridgehead atoms. The van der Waals surface area contributed by atoms with Crippen LogP contribution in [0.1, 0.15) is 24.0 Å². The quantitative estimate of drug-likeness (QED) is 0.835. The van der Waals surface area contributed by atoms with Gasteiger partial charge in [-0.3, -0.25) is 0 Å². The van der Waals surface area contributed by atoms with Gasteiger partial charge in [0.1, 0.15) is 0 Å². The maximum atomic E-state index is 5.38. The van der Waals surface area contributed by atoms with E-state index >= 15 is 0 Å². The fourth-order valence-corrected chi connectivity index (χ4v) is 2.68. The molecule has 1 fully saturated rings. The summed E-state index contributed by atoms with van der Waals surface area (Å²) in [6.07, 6.45) is 3.60. The van der Waals surface area contributed by atoms with Gasteiger partial charge in [-0.1, -0.05) is 18.2 Å². The predicted molar refractivity (Wildman–Crippen MR) is 69.3 cm³/mol. The van der Waals surface area contributed by atoms with E-state index in [1.807, 2.05) is 0 Å². The zero-order valence-electron chi connectivity index (χ0n) is 10.2. The van der Waals surface area contributed by atoms with Crippen LogP contribution < -0.4 is 10.6 Å². The molecule has 2 aliphatic heterocycles. The Balaban J connectivity index is 1.69. The lowest BCUT2D eigenvalue weighted by molar-refractivity contribution is 0.190. The summed E-state index contributed by atoms with van der Waals surface area (Å²) >= 11 is 0. The summed E-state index contributed by atoms with van der Waals surface area (Å²) < 4.78 is 5.38. The molecule has 0 aliphatic carbocycles. The highest BCUT2D eigenvalue weighted by molar-refractivity contribution is 5.59. The molecule has 17 heavy (non-hydrogen) atoms. The molecule has 0 spiro atoms. The van der Waals surface area contributed by atoms with Gasteiger partial charge in [0.2, 0.25) is 0 Å². The number of hydrogen-bond acceptors (Lipinski definition) is 3. The Morgan fingerprint density at radius 1 is 1.41 bits per heavy atom. The molecule has 0 saturated carbocycles. The smallest absolute Gasteiger partial charge is 0.0620 e. The van der Waals surface area contributed by atoms with Crippen molar-refractivity contribution in [3.8, 4) is 0 Å². The van der Waals surface area contributed by atoms with E-state index in [2.05, 4.69) is 28.8 Å². The molecule has 0 amide bonds. The molecule has 1 unspecified atom stereocenters. The number of benzene rings is 1. The number of nitrogens with one attached hydrogen (secondary N) is 2. The van der Waals surface area contributed by atoms with Crippen LogP contribution in [-0.2, 0) is 17.7 Å². The van der Waals surface area contributed by atoms with Gasteiger partial charge in [-0.15, -0.1) is 0 Å². The first kappa shape index (κ1) is 11.1. The summed E-state index contributed by atoms with van der Waals surface area (Å²) in [6, 6.07) is 7.17. The lowest BCUT2D eigenvalue weighted by atomic mass is 9.99. The Bertz CT molecular complexity index is 386. The highest BCUT2D eigenvalue weighted by Crippen LogP contribution is 2.26. The van der Waals surface area contributed by atoms with Crippen LogP contribution in [0, 0.1) is 0 Å². The molecule has 3 heteroatoms. The fourth-order valence-electron chi connectivity index (χ4n) is 2.68. The zero-order chi connectivity index (χ0) is 11.5. The third-order valence-electron chi connectivity index (χ3n) is 3.67. The molecule has 1 aromatic carbocycles. The maximum Gasteiger partial charge on any atom is 0.0620 e. The molecule has 3 nitrogen and oxygen atoms in total. The van der Waals surface area contributed by atoms with E-state index in [-0.39, 0.29) is 0 Å². The van der Waals surface area contributed by atoms with Gasteiger partial charge in [0.25, 0.3) is 0 Å². The van der Waals surface area contributed by atoms with Gasteiger partial charge >= 0.3 is 0 Å². The minimum Gasteiger partial charge on any atom is -0.385 e. The van der Waals surface area contributed by atoms with E-state index in [0.29, 0.717) is 6.04 Å². The fraction of sp³-hybridized carbons (Fsp3) is 0.571. The van der Waals surface area contributed by atoms with Crippen LogP contribution in [0.5, 0.6) is 0 Å². The Morgan fingerprint density at radius 2 is 2.41 bits per heavy atom. The number of ether oxygens (including phenoxy) is 1. The number of fused-ring (bicyclic) bond motifs is 1. The van der Waals surface area contributed by atoms with Crippen molar-refractivity contribution in [3.63, 3.8) is 0 Å². The van der Waals surface area contributed by atoms with Crippen LogP contribution in [0.2, 0.25) is 0 Å². The zero-order valence-corrected chi connectivity index (χ0v) is 10.2. The van der Waals surface area contributed by atoms with Crippen molar-refractivity contribution >= 4 is 5.69 Å². The first-order valence-corrected chi connectivity index (χ1v) is 6.59. The van der Waals surface area contributed by atoms with Gasteiger partial charge in [-0.25, -0.2) is 0 Å². The van der Waals surface area contributed by atoms with Crippen LogP contribution in [0.25, 0.3) is 0 Å². The second-order valence-corrected chi connectivity index (χ2v) is 4.92. The van der Waals surface area contributed by atoms with E-state index in [1.165, 1.54) is 29.7 Å². The topological polar surface area (TPSA) is 33.3 Å². The number of para-hydroxylation sites is 1. The minimum atomic E-state index is 0.537. The van der Waals surface area contributed by atoms with Crippen molar-refractivity contribution in [2.75, 3.05) is 25.1 Å². The summed E-state index contributed by atoms with van der Waals surface area (Å²) in [5.41, 5.74) is 4.23. The molecule has 2 N–H and O–H groups in total. The van der Waals surface area contributed by atoms with Crippen molar-refractivity contribution in [3.05, 3.63) is 29.3 Å². The Labute approximate surface area is 103 Å². The van der Waals surface area contributed by atoms with Gasteiger partial charge in [-0.05, 0) is 30.4 Å². The largest absolute Gasteiger partial charge is 0.385 e. The van der Waals surface area contributed by atoms with Crippen molar-refractivity contribution in [1.29, 1.82) is 0 Å². The predicted octanol–water partition coefficient (Wildman–Crippen LogP) is 1.92. The van der Waals surface area contributed by atoms with Gasteiger partial charge in [0.05, 0.1) is 6.61 Å². The Kier molecular flexibility index (Phi) is 3.29. The number of rotatable bonds is 3. The van der Waals surface area contributed by atoms with Crippen LogP contribution in [0.15, 0.2) is 18.2 Å². The number of aryl methyl sites for hydroxylation is 1.